The number of unbranched alkanes of at least 4 members (excludes halogenated alkanes) is 7. The van der Waals surface area contributed by atoms with Crippen LogP contribution in [0.15, 0.2) is 50.5 Å². The van der Waals surface area contributed by atoms with Gasteiger partial charge in [-0.2, -0.15) is 9.97 Å². The lowest BCUT2D eigenvalue weighted by Crippen LogP contribution is -2.38. The number of hydrogen-bond acceptors (Lipinski definition) is 10. The van der Waals surface area contributed by atoms with E-state index in [2.05, 4.69) is 19.9 Å². The molecular formula is C32H36N10O8. The molecule has 0 saturated carbocycles. The van der Waals surface area contributed by atoms with Crippen molar-refractivity contribution in [3.05, 3.63) is 95.5 Å². The molecule has 18 nitrogen and oxygen atoms in total. The summed E-state index contributed by atoms with van der Waals surface area (Å²) in [6.45, 7) is 0.639. The van der Waals surface area contributed by atoms with Crippen LogP contribution in [0, 0.1) is 0 Å². The minimum atomic E-state index is -0.734. The Morgan fingerprint density at radius 2 is 0.820 bits per heavy atom. The molecule has 0 saturated heterocycles. The van der Waals surface area contributed by atoms with Gasteiger partial charge in [-0.25, -0.2) is 19.2 Å². The van der Waals surface area contributed by atoms with Crippen LogP contribution in [-0.2, 0) is 41.3 Å². The van der Waals surface area contributed by atoms with E-state index in [1.54, 1.807) is 9.13 Å². The fourth-order valence-corrected chi connectivity index (χ4v) is 6.32. The molecule has 0 aliphatic carbocycles. The highest BCUT2D eigenvalue weighted by molar-refractivity contribution is 5.82. The van der Waals surface area contributed by atoms with Crippen molar-refractivity contribution in [3.63, 3.8) is 0 Å². The van der Waals surface area contributed by atoms with E-state index in [9.17, 15) is 38.4 Å². The molecule has 0 radical (unpaired) electrons. The van der Waals surface area contributed by atoms with E-state index in [0.29, 0.717) is 25.9 Å². The lowest BCUT2D eigenvalue weighted by molar-refractivity contribution is 0.527. The molecule has 2 aromatic heterocycles. The van der Waals surface area contributed by atoms with Gasteiger partial charge in [-0.3, -0.25) is 47.4 Å². The van der Waals surface area contributed by atoms with Crippen LogP contribution in [0.25, 0.3) is 44.8 Å². The molecule has 0 unspecified atom stereocenters. The van der Waals surface area contributed by atoms with E-state index < -0.39 is 45.0 Å². The Balaban J connectivity index is 1.09. The molecule has 262 valence electrons. The molecule has 2 N–H and O–H groups in total. The van der Waals surface area contributed by atoms with Gasteiger partial charge >= 0.3 is 22.8 Å². The first-order chi connectivity index (χ1) is 23.8. The fourth-order valence-electron chi connectivity index (χ4n) is 6.32. The van der Waals surface area contributed by atoms with Gasteiger partial charge in [-0.15, -0.1) is 0 Å². The van der Waals surface area contributed by atoms with Crippen LogP contribution in [0.5, 0.6) is 0 Å². The second-order valence-corrected chi connectivity index (χ2v) is 12.5. The third kappa shape index (κ3) is 5.75. The molecule has 0 aromatic carbocycles. The monoisotopic (exact) mass is 688 g/mol. The predicted molar refractivity (Wildman–Crippen MR) is 184 cm³/mol. The van der Waals surface area contributed by atoms with Crippen molar-refractivity contribution in [3.8, 4) is 22.8 Å². The molecule has 18 heteroatoms. The standard InChI is InChI=1S/C32H36N10O8/c1-37-25(43)17-15-18-22(34-30(48)38(2)26(18)44)41(21(17)33-29(37)47)13-11-9-7-5-6-8-10-12-14-42-23-19(27(45)39(3)31(49)35-23)16-20-24(42)36-32(50)40(4)28(20)46/h15-16H,5-14H2,1-4H3,(H,33,47)(H,35,49). The minimum absolute atomic E-state index is 0.109. The Labute approximate surface area is 280 Å². The Kier molecular flexibility index (Phi) is 8.94. The molecule has 6 heterocycles. The molecule has 0 atom stereocenters. The zero-order valence-electron chi connectivity index (χ0n) is 28.1. The number of fused-ring (bicyclic) bond motifs is 4. The zero-order chi connectivity index (χ0) is 36.0. The van der Waals surface area contributed by atoms with Crippen molar-refractivity contribution in [2.75, 3.05) is 0 Å². The van der Waals surface area contributed by atoms with Gasteiger partial charge in [-0.1, -0.05) is 38.5 Å². The lowest BCUT2D eigenvalue weighted by atomic mass is 10.1. The highest BCUT2D eigenvalue weighted by Crippen LogP contribution is 2.23. The van der Waals surface area contributed by atoms with Gasteiger partial charge in [0.1, 0.15) is 11.3 Å². The van der Waals surface area contributed by atoms with E-state index in [-0.39, 0.29) is 44.8 Å². The second-order valence-electron chi connectivity index (χ2n) is 12.5. The Bertz CT molecular complexity index is 2530. The summed E-state index contributed by atoms with van der Waals surface area (Å²) in [5, 5.41) is 0.291. The molecule has 4 aliphatic rings. The number of pyridine rings is 2. The van der Waals surface area contributed by atoms with Crippen LogP contribution >= 0.6 is 0 Å². The van der Waals surface area contributed by atoms with Crippen molar-refractivity contribution < 1.29 is 0 Å². The quantitative estimate of drug-likeness (QED) is 0.129. The van der Waals surface area contributed by atoms with E-state index in [0.717, 1.165) is 56.8 Å². The molecule has 0 bridgehead atoms. The first-order valence-electron chi connectivity index (χ1n) is 16.3. The molecule has 50 heavy (non-hydrogen) atoms. The topological polar surface area (TPSA) is 223 Å². The molecule has 4 aliphatic heterocycles. The number of aromatic nitrogens is 10. The number of hydrogen-bond donors (Lipinski definition) is 2. The summed E-state index contributed by atoms with van der Waals surface area (Å²) in [7, 11) is 5.31. The number of aryl methyl sites for hydroxylation is 2. The largest absolute Gasteiger partial charge is 0.352 e. The molecule has 0 fully saturated rings. The van der Waals surface area contributed by atoms with Crippen LogP contribution in [0.4, 0.5) is 0 Å². The number of nitrogens with one attached hydrogen (secondary N) is 2. The van der Waals surface area contributed by atoms with Gasteiger partial charge in [0.05, 0.1) is 21.9 Å². The van der Waals surface area contributed by atoms with Crippen molar-refractivity contribution in [2.24, 2.45) is 28.2 Å². The molecule has 0 spiro atoms. The number of rotatable bonds is 11. The summed E-state index contributed by atoms with van der Waals surface area (Å²) >= 11 is 0. The summed E-state index contributed by atoms with van der Waals surface area (Å²) in [5.74, 6) is 0.218. The van der Waals surface area contributed by atoms with Crippen molar-refractivity contribution >= 4 is 22.1 Å². The van der Waals surface area contributed by atoms with Crippen LogP contribution in [0.2, 0.25) is 0 Å². The summed E-state index contributed by atoms with van der Waals surface area (Å²) in [4.78, 5) is 115. The number of aromatic amines is 2. The van der Waals surface area contributed by atoms with Gasteiger partial charge in [-0.05, 0) is 25.0 Å². The summed E-state index contributed by atoms with van der Waals surface area (Å²) < 4.78 is 6.73. The lowest BCUT2D eigenvalue weighted by Gasteiger charge is -2.18. The molecule has 0 amide bonds. The highest BCUT2D eigenvalue weighted by Gasteiger charge is 2.23. The van der Waals surface area contributed by atoms with Crippen LogP contribution in [-0.4, -0.2) is 47.3 Å². The average molecular weight is 689 g/mol. The first kappa shape index (κ1) is 33.9. The molecule has 6 rings (SSSR count). The Morgan fingerprint density at radius 3 is 1.18 bits per heavy atom. The molecular weight excluding hydrogens is 652 g/mol. The average Bonchev–Trinajstić information content (AvgIpc) is 3.09. The van der Waals surface area contributed by atoms with E-state index in [1.807, 2.05) is 0 Å². The maximum absolute atomic E-state index is 12.9. The normalized spacial score (nSPS) is 11.8. The highest BCUT2D eigenvalue weighted by atomic mass is 16.2. The van der Waals surface area contributed by atoms with Gasteiger partial charge in [0, 0.05) is 41.3 Å². The van der Waals surface area contributed by atoms with E-state index in [4.69, 9.17) is 0 Å². The van der Waals surface area contributed by atoms with Crippen LogP contribution in [0.1, 0.15) is 51.4 Å². The second kappa shape index (κ2) is 13.2. The van der Waals surface area contributed by atoms with E-state index >= 15 is 0 Å². The number of nitrogens with zero attached hydrogens (tertiary/aromatic N) is 8. The van der Waals surface area contributed by atoms with Gasteiger partial charge in [0.2, 0.25) is 0 Å². The van der Waals surface area contributed by atoms with Crippen LogP contribution in [0.3, 0.4) is 0 Å². The summed E-state index contributed by atoms with van der Waals surface area (Å²) in [6.07, 6.45) is 6.49. The van der Waals surface area contributed by atoms with Crippen LogP contribution < -0.4 is 45.0 Å². The first-order valence-corrected chi connectivity index (χ1v) is 16.3. The third-order valence-corrected chi connectivity index (χ3v) is 9.31. The maximum Gasteiger partial charge on any atom is 0.352 e. The Morgan fingerprint density at radius 1 is 0.480 bits per heavy atom. The fraction of sp³-hybridized carbons (Fsp3) is 0.438. The SMILES string of the molecule is Cn1c(=O)nc2n(CCCCCCCCCCn3c4nc(=O)n(C)c(=O)c-4cc4c(=O)n(C)c(=O)[nH]c43)c3[nH]c(=O)n(C)c(=O)c3cc-2c1=O. The predicted octanol–water partition coefficient (Wildman–Crippen LogP) is -0.692. The Hall–Kier alpha value is -5.94. The van der Waals surface area contributed by atoms with Gasteiger partial charge in [0.25, 0.3) is 22.2 Å². The third-order valence-electron chi connectivity index (χ3n) is 9.31. The molecule has 2 aromatic rings. The number of H-pyrrole nitrogens is 2. The van der Waals surface area contributed by atoms with Gasteiger partial charge in [0.15, 0.2) is 11.6 Å². The summed E-state index contributed by atoms with van der Waals surface area (Å²) in [5.41, 5.74) is -4.37. The van der Waals surface area contributed by atoms with Gasteiger partial charge < -0.3 is 9.13 Å². The minimum Gasteiger partial charge on any atom is -0.311 e. The van der Waals surface area contributed by atoms with Crippen molar-refractivity contribution in [1.82, 2.24) is 47.3 Å². The smallest absolute Gasteiger partial charge is 0.311 e. The van der Waals surface area contributed by atoms with Crippen molar-refractivity contribution in [1.29, 1.82) is 0 Å². The van der Waals surface area contributed by atoms with Crippen molar-refractivity contribution in [2.45, 2.75) is 64.5 Å². The zero-order valence-corrected chi connectivity index (χ0v) is 28.1. The summed E-state index contributed by atoms with van der Waals surface area (Å²) in [6, 6.07) is 2.74. The maximum atomic E-state index is 12.9. The van der Waals surface area contributed by atoms with E-state index in [1.165, 1.54) is 40.3 Å².